The number of nitrogens with zero attached hydrogens (tertiary/aromatic N) is 2. The fraction of sp³-hybridized carbons (Fsp3) is 0.650. The molecule has 0 bridgehead atoms. The zero-order valence-corrected chi connectivity index (χ0v) is 14.9. The van der Waals surface area contributed by atoms with Gasteiger partial charge in [0.1, 0.15) is 6.17 Å². The van der Waals surface area contributed by atoms with Crippen LogP contribution in [0.1, 0.15) is 45.4 Å². The quantitative estimate of drug-likeness (QED) is 0.755. The summed E-state index contributed by atoms with van der Waals surface area (Å²) in [5.74, 6) is 1.25. The number of hydrogen-bond acceptors (Lipinski definition) is 4. The Hall–Kier alpha value is -1.91. The van der Waals surface area contributed by atoms with E-state index in [2.05, 4.69) is 35.5 Å². The van der Waals surface area contributed by atoms with Gasteiger partial charge in [0.05, 0.1) is 11.2 Å². The molecule has 5 heteroatoms. The molecule has 2 aliphatic heterocycles. The topological polar surface area (TPSA) is 61.8 Å². The number of aldehydes is 1. The van der Waals surface area contributed by atoms with E-state index in [4.69, 9.17) is 4.99 Å². The number of rotatable bonds is 6. The summed E-state index contributed by atoms with van der Waals surface area (Å²) in [6.45, 7) is 2.75. The van der Waals surface area contributed by atoms with Crippen molar-refractivity contribution in [2.45, 2.75) is 57.2 Å². The van der Waals surface area contributed by atoms with Crippen molar-refractivity contribution in [3.8, 4) is 0 Å². The second-order valence-corrected chi connectivity index (χ2v) is 8.06. The number of carbonyl (C=O) groups excluding carboxylic acids is 2. The molecule has 3 unspecified atom stereocenters. The predicted octanol–water partition coefficient (Wildman–Crippen LogP) is 2.44. The van der Waals surface area contributed by atoms with Crippen molar-refractivity contribution in [1.29, 1.82) is 0 Å². The molecule has 5 nitrogen and oxygen atoms in total. The fourth-order valence-corrected chi connectivity index (χ4v) is 5.07. The van der Waals surface area contributed by atoms with Crippen molar-refractivity contribution in [2.24, 2.45) is 22.7 Å². The van der Waals surface area contributed by atoms with Crippen molar-refractivity contribution in [1.82, 2.24) is 10.2 Å². The minimum Gasteiger partial charge on any atom is -0.356 e. The second-order valence-electron chi connectivity index (χ2n) is 8.06. The third-order valence-electron chi connectivity index (χ3n) is 6.60. The van der Waals surface area contributed by atoms with Crippen LogP contribution in [0.15, 0.2) is 28.4 Å². The summed E-state index contributed by atoms with van der Waals surface area (Å²) < 4.78 is 0. The summed E-state index contributed by atoms with van der Waals surface area (Å²) in [7, 11) is 0. The highest BCUT2D eigenvalue weighted by Gasteiger charge is 2.60. The highest BCUT2D eigenvalue weighted by atomic mass is 16.1. The van der Waals surface area contributed by atoms with E-state index in [1.807, 2.05) is 0 Å². The highest BCUT2D eigenvalue weighted by Crippen LogP contribution is 2.53. The Morgan fingerprint density at radius 2 is 2.04 bits per heavy atom. The molecule has 1 N–H and O–H groups in total. The number of hydrogen-bond donors (Lipinski definition) is 1. The van der Waals surface area contributed by atoms with Crippen molar-refractivity contribution >= 4 is 18.9 Å². The lowest BCUT2D eigenvalue weighted by atomic mass is 9.82. The number of carbonyl (C=O) groups is 2. The Kier molecular flexibility index (Phi) is 4.26. The Bertz CT molecular complexity index is 647. The largest absolute Gasteiger partial charge is 0.356 e. The maximum atomic E-state index is 11.7. The van der Waals surface area contributed by atoms with Crippen molar-refractivity contribution in [3.63, 3.8) is 0 Å². The Morgan fingerprint density at radius 3 is 2.68 bits per heavy atom. The lowest BCUT2D eigenvalue weighted by Gasteiger charge is -2.38. The first-order valence-electron chi connectivity index (χ1n) is 9.58. The van der Waals surface area contributed by atoms with Crippen molar-refractivity contribution in [3.05, 3.63) is 23.4 Å². The van der Waals surface area contributed by atoms with Gasteiger partial charge in [0.2, 0.25) is 6.41 Å². The molecule has 0 aromatic heterocycles. The molecule has 4 rings (SSSR count). The van der Waals surface area contributed by atoms with E-state index in [0.717, 1.165) is 24.8 Å². The van der Waals surface area contributed by atoms with Crippen LogP contribution < -0.4 is 5.32 Å². The molecule has 0 radical (unpaired) electrons. The molecule has 2 heterocycles. The maximum Gasteiger partial charge on any atom is 0.207 e. The highest BCUT2D eigenvalue weighted by molar-refractivity contribution is 5.82. The first kappa shape index (κ1) is 16.6. The van der Waals surface area contributed by atoms with Crippen LogP contribution in [0.25, 0.3) is 0 Å². The zero-order chi connectivity index (χ0) is 17.4. The zero-order valence-electron chi connectivity index (χ0n) is 14.9. The average molecular weight is 341 g/mol. The summed E-state index contributed by atoms with van der Waals surface area (Å²) in [5.41, 5.74) is 1.92. The van der Waals surface area contributed by atoms with E-state index in [0.29, 0.717) is 18.4 Å². The summed E-state index contributed by atoms with van der Waals surface area (Å²) in [6.07, 6.45) is 15.6. The van der Waals surface area contributed by atoms with Crippen LogP contribution in [0, 0.1) is 17.8 Å². The van der Waals surface area contributed by atoms with E-state index in [1.54, 1.807) is 0 Å². The van der Waals surface area contributed by atoms with Crippen molar-refractivity contribution < 1.29 is 9.59 Å². The fourth-order valence-electron chi connectivity index (χ4n) is 5.07. The van der Waals surface area contributed by atoms with Crippen molar-refractivity contribution in [2.75, 3.05) is 6.54 Å². The SMILES string of the molecule is CC1C[C@]1(CNC=O)N1C(C=O)=CC2C=C(C3CCCCC3)C=NC21. The van der Waals surface area contributed by atoms with Gasteiger partial charge in [0.15, 0.2) is 6.29 Å². The molecule has 0 saturated heterocycles. The molecule has 0 spiro atoms. The molecule has 0 aromatic rings. The number of allylic oxidation sites excluding steroid dienone is 2. The molecular formula is C20H27N3O2. The van der Waals surface area contributed by atoms with E-state index < -0.39 is 0 Å². The number of fused-ring (bicyclic) bond motifs is 1. The number of amides is 1. The predicted molar refractivity (Wildman–Crippen MR) is 97.0 cm³/mol. The monoisotopic (exact) mass is 341 g/mol. The van der Waals surface area contributed by atoms with Gasteiger partial charge in [-0.05, 0) is 42.7 Å². The minimum absolute atomic E-state index is 0.0362. The maximum absolute atomic E-state index is 11.7. The summed E-state index contributed by atoms with van der Waals surface area (Å²) in [4.78, 5) is 29.6. The van der Waals surface area contributed by atoms with E-state index in [1.165, 1.54) is 37.7 Å². The molecule has 4 atom stereocenters. The lowest BCUT2D eigenvalue weighted by Crippen LogP contribution is -2.49. The van der Waals surface area contributed by atoms with Gasteiger partial charge in [0, 0.05) is 18.7 Å². The minimum atomic E-state index is -0.166. The first-order chi connectivity index (χ1) is 12.2. The summed E-state index contributed by atoms with van der Waals surface area (Å²) in [5, 5.41) is 2.83. The number of nitrogens with one attached hydrogen (secondary N) is 1. The van der Waals surface area contributed by atoms with Gasteiger partial charge in [-0.25, -0.2) is 0 Å². The van der Waals surface area contributed by atoms with Gasteiger partial charge in [-0.2, -0.15) is 0 Å². The third kappa shape index (κ3) is 2.74. The molecule has 25 heavy (non-hydrogen) atoms. The second kappa shape index (κ2) is 6.43. The van der Waals surface area contributed by atoms with Crippen LogP contribution in [-0.4, -0.2) is 42.1 Å². The molecule has 2 fully saturated rings. The van der Waals surface area contributed by atoms with Crippen LogP contribution in [0.2, 0.25) is 0 Å². The van der Waals surface area contributed by atoms with Gasteiger partial charge in [-0.3, -0.25) is 14.6 Å². The molecule has 1 amide bonds. The standard InChI is InChI=1S/C20H27N3O2/c1-14-9-20(14,12-21-13-25)23-18(11-24)8-16-7-17(10-22-19(16)23)15-5-3-2-4-6-15/h7-8,10-11,13-16,19H,2-6,9,12H2,1H3,(H,21,25)/t14?,16?,19?,20-/m1/s1. The van der Waals surface area contributed by atoms with Gasteiger partial charge in [0.25, 0.3) is 0 Å². The molecule has 2 saturated carbocycles. The number of aliphatic imine (C=N–C) groups is 1. The van der Waals surface area contributed by atoms with E-state index in [9.17, 15) is 9.59 Å². The average Bonchev–Trinajstić information content (AvgIpc) is 3.14. The molecule has 2 aliphatic carbocycles. The molecule has 4 aliphatic rings. The van der Waals surface area contributed by atoms with E-state index in [-0.39, 0.29) is 17.6 Å². The molecular weight excluding hydrogens is 314 g/mol. The summed E-state index contributed by atoms with van der Waals surface area (Å²) >= 11 is 0. The Morgan fingerprint density at radius 1 is 1.28 bits per heavy atom. The Labute approximate surface area is 149 Å². The Balaban J connectivity index is 1.58. The summed E-state index contributed by atoms with van der Waals surface area (Å²) in [6, 6.07) is 0. The molecule has 0 aromatic carbocycles. The molecule has 134 valence electrons. The van der Waals surface area contributed by atoms with Gasteiger partial charge in [-0.15, -0.1) is 0 Å². The third-order valence-corrected chi connectivity index (χ3v) is 6.60. The van der Waals surface area contributed by atoms with Crippen LogP contribution in [0.4, 0.5) is 0 Å². The van der Waals surface area contributed by atoms with Crippen LogP contribution in [-0.2, 0) is 9.59 Å². The normalized spacial score (nSPS) is 37.2. The van der Waals surface area contributed by atoms with Crippen LogP contribution >= 0.6 is 0 Å². The lowest BCUT2D eigenvalue weighted by molar-refractivity contribution is -0.109. The smallest absolute Gasteiger partial charge is 0.207 e. The van der Waals surface area contributed by atoms with Crippen LogP contribution in [0.3, 0.4) is 0 Å². The van der Waals surface area contributed by atoms with Crippen LogP contribution in [0.5, 0.6) is 0 Å². The van der Waals surface area contributed by atoms with Gasteiger partial charge >= 0.3 is 0 Å². The number of dihydropyridines is 1. The van der Waals surface area contributed by atoms with E-state index >= 15 is 0 Å². The van der Waals surface area contributed by atoms with Gasteiger partial charge in [-0.1, -0.05) is 32.3 Å². The first-order valence-corrected chi connectivity index (χ1v) is 9.58. The van der Waals surface area contributed by atoms with Gasteiger partial charge < -0.3 is 10.2 Å².